The Morgan fingerprint density at radius 1 is 1.50 bits per heavy atom. The normalized spacial score (nSPS) is 12.3. The Balaban J connectivity index is 2.56. The molecule has 2 rings (SSSR count). The van der Waals surface area contributed by atoms with Crippen molar-refractivity contribution in [2.75, 3.05) is 11.9 Å². The predicted octanol–water partition coefficient (Wildman–Crippen LogP) is 1.94. The summed E-state index contributed by atoms with van der Waals surface area (Å²) in [5.41, 5.74) is 1.05. The molecule has 1 atom stereocenters. The number of hydrogen-bond acceptors (Lipinski definition) is 5. The molecule has 18 heavy (non-hydrogen) atoms. The fraction of sp³-hybridized carbons (Fsp3) is 0.250. The molecular weight excluding hydrogens is 234 g/mol. The van der Waals surface area contributed by atoms with Crippen molar-refractivity contribution < 1.29 is 10.0 Å². The summed E-state index contributed by atoms with van der Waals surface area (Å²) >= 11 is 0. The summed E-state index contributed by atoms with van der Waals surface area (Å²) in [5, 5.41) is 23.7. The molecule has 0 aliphatic heterocycles. The van der Waals surface area contributed by atoms with Crippen LogP contribution in [0.15, 0.2) is 30.5 Å². The Morgan fingerprint density at radius 2 is 2.28 bits per heavy atom. The maximum Gasteiger partial charge on any atom is 0.295 e. The molecule has 0 saturated carbocycles. The lowest BCUT2D eigenvalue weighted by atomic mass is 10.1. The van der Waals surface area contributed by atoms with Crippen LogP contribution in [0.25, 0.3) is 10.9 Å². The van der Waals surface area contributed by atoms with Gasteiger partial charge >= 0.3 is 0 Å². The third kappa shape index (κ3) is 2.23. The predicted molar refractivity (Wildman–Crippen MR) is 68.6 cm³/mol. The molecule has 0 bridgehead atoms. The van der Waals surface area contributed by atoms with Gasteiger partial charge in [-0.1, -0.05) is 12.1 Å². The SMILES string of the molecule is CC(CO)Nc1ccnc2c([N+](=O)[O-])cccc12. The second-order valence-electron chi connectivity index (χ2n) is 4.02. The van der Waals surface area contributed by atoms with Crippen molar-refractivity contribution >= 4 is 22.3 Å². The van der Waals surface area contributed by atoms with Crippen molar-refractivity contribution in [1.29, 1.82) is 0 Å². The van der Waals surface area contributed by atoms with Crippen LogP contribution in [-0.4, -0.2) is 27.7 Å². The smallest absolute Gasteiger partial charge is 0.295 e. The van der Waals surface area contributed by atoms with E-state index in [4.69, 9.17) is 5.11 Å². The lowest BCUT2D eigenvalue weighted by Gasteiger charge is -2.14. The zero-order valence-corrected chi connectivity index (χ0v) is 9.83. The third-order valence-electron chi connectivity index (χ3n) is 2.62. The van der Waals surface area contributed by atoms with Crippen LogP contribution in [0.3, 0.4) is 0 Å². The van der Waals surface area contributed by atoms with E-state index >= 15 is 0 Å². The van der Waals surface area contributed by atoms with Crippen LogP contribution < -0.4 is 5.32 Å². The lowest BCUT2D eigenvalue weighted by molar-refractivity contribution is -0.383. The number of aliphatic hydroxyl groups is 1. The maximum absolute atomic E-state index is 10.9. The van der Waals surface area contributed by atoms with Crippen molar-refractivity contribution in [2.24, 2.45) is 0 Å². The highest BCUT2D eigenvalue weighted by Crippen LogP contribution is 2.28. The van der Waals surface area contributed by atoms with Crippen LogP contribution in [0, 0.1) is 10.1 Å². The summed E-state index contributed by atoms with van der Waals surface area (Å²) in [5.74, 6) is 0. The van der Waals surface area contributed by atoms with E-state index in [0.717, 1.165) is 5.69 Å². The number of aromatic nitrogens is 1. The maximum atomic E-state index is 10.9. The second kappa shape index (κ2) is 4.97. The summed E-state index contributed by atoms with van der Waals surface area (Å²) in [4.78, 5) is 14.5. The van der Waals surface area contributed by atoms with E-state index in [9.17, 15) is 10.1 Å². The number of nitrogens with one attached hydrogen (secondary N) is 1. The quantitative estimate of drug-likeness (QED) is 0.636. The highest BCUT2D eigenvalue weighted by atomic mass is 16.6. The van der Waals surface area contributed by atoms with E-state index in [1.54, 1.807) is 18.2 Å². The summed E-state index contributed by atoms with van der Waals surface area (Å²) in [6.45, 7) is 1.81. The van der Waals surface area contributed by atoms with Gasteiger partial charge in [0.15, 0.2) is 0 Å². The molecule has 0 aliphatic carbocycles. The molecule has 0 fully saturated rings. The van der Waals surface area contributed by atoms with Crippen molar-refractivity contribution in [2.45, 2.75) is 13.0 Å². The molecule has 0 amide bonds. The number of non-ortho nitro benzene ring substituents is 1. The van der Waals surface area contributed by atoms with Gasteiger partial charge in [-0.2, -0.15) is 0 Å². The van der Waals surface area contributed by atoms with Gasteiger partial charge in [0.1, 0.15) is 5.52 Å². The number of benzene rings is 1. The largest absolute Gasteiger partial charge is 0.394 e. The number of pyridine rings is 1. The molecule has 1 heterocycles. The lowest BCUT2D eigenvalue weighted by Crippen LogP contribution is -2.19. The van der Waals surface area contributed by atoms with E-state index in [1.807, 2.05) is 6.92 Å². The fourth-order valence-corrected chi connectivity index (χ4v) is 1.74. The summed E-state index contributed by atoms with van der Waals surface area (Å²) < 4.78 is 0. The highest BCUT2D eigenvalue weighted by molar-refractivity contribution is 5.96. The molecule has 6 nitrogen and oxygen atoms in total. The van der Waals surface area contributed by atoms with Gasteiger partial charge in [0.25, 0.3) is 5.69 Å². The zero-order valence-electron chi connectivity index (χ0n) is 9.83. The summed E-state index contributed by atoms with van der Waals surface area (Å²) in [6, 6.07) is 6.42. The topological polar surface area (TPSA) is 88.3 Å². The van der Waals surface area contributed by atoms with Gasteiger partial charge in [0.05, 0.1) is 11.5 Å². The van der Waals surface area contributed by atoms with E-state index < -0.39 is 4.92 Å². The molecule has 1 unspecified atom stereocenters. The number of hydrogen-bond donors (Lipinski definition) is 2. The minimum atomic E-state index is -0.450. The fourth-order valence-electron chi connectivity index (χ4n) is 1.74. The van der Waals surface area contributed by atoms with Crippen LogP contribution in [-0.2, 0) is 0 Å². The van der Waals surface area contributed by atoms with Gasteiger partial charge in [-0.05, 0) is 13.0 Å². The number of anilines is 1. The average Bonchev–Trinajstić information content (AvgIpc) is 2.38. The summed E-state index contributed by atoms with van der Waals surface area (Å²) in [6.07, 6.45) is 1.52. The Bertz CT molecular complexity index is 586. The zero-order chi connectivity index (χ0) is 13.1. The number of nitrogens with zero attached hydrogens (tertiary/aromatic N) is 2. The number of fused-ring (bicyclic) bond motifs is 1. The van der Waals surface area contributed by atoms with E-state index in [1.165, 1.54) is 12.3 Å². The Hall–Kier alpha value is -2.21. The molecule has 94 valence electrons. The monoisotopic (exact) mass is 247 g/mol. The van der Waals surface area contributed by atoms with Crippen molar-refractivity contribution in [1.82, 2.24) is 4.98 Å². The van der Waals surface area contributed by atoms with Gasteiger partial charge in [-0.3, -0.25) is 10.1 Å². The Kier molecular flexibility index (Phi) is 3.38. The van der Waals surface area contributed by atoms with E-state index in [-0.39, 0.29) is 18.3 Å². The first-order chi connectivity index (χ1) is 8.63. The number of para-hydroxylation sites is 1. The molecule has 1 aromatic carbocycles. The molecule has 2 N–H and O–H groups in total. The van der Waals surface area contributed by atoms with Gasteiger partial charge in [0.2, 0.25) is 0 Å². The average molecular weight is 247 g/mol. The van der Waals surface area contributed by atoms with Gasteiger partial charge in [0, 0.05) is 29.4 Å². The van der Waals surface area contributed by atoms with E-state index in [0.29, 0.717) is 10.9 Å². The minimum Gasteiger partial charge on any atom is -0.394 e. The molecule has 6 heteroatoms. The van der Waals surface area contributed by atoms with Gasteiger partial charge in [-0.15, -0.1) is 0 Å². The minimum absolute atomic E-state index is 0.0151. The second-order valence-corrected chi connectivity index (χ2v) is 4.02. The van der Waals surface area contributed by atoms with Gasteiger partial charge < -0.3 is 10.4 Å². The molecule has 0 saturated heterocycles. The first-order valence-electron chi connectivity index (χ1n) is 5.53. The van der Waals surface area contributed by atoms with Crippen molar-refractivity contribution in [3.05, 3.63) is 40.6 Å². The van der Waals surface area contributed by atoms with Crippen LogP contribution in [0.4, 0.5) is 11.4 Å². The molecule has 0 spiro atoms. The molecule has 1 aromatic heterocycles. The van der Waals surface area contributed by atoms with Crippen LogP contribution in [0.1, 0.15) is 6.92 Å². The Labute approximate surface area is 103 Å². The summed E-state index contributed by atoms with van der Waals surface area (Å²) in [7, 11) is 0. The van der Waals surface area contributed by atoms with Crippen LogP contribution in [0.5, 0.6) is 0 Å². The van der Waals surface area contributed by atoms with E-state index in [2.05, 4.69) is 10.3 Å². The molecule has 2 aromatic rings. The first-order valence-corrected chi connectivity index (χ1v) is 5.53. The number of nitro benzene ring substituents is 1. The number of aliphatic hydroxyl groups excluding tert-OH is 1. The van der Waals surface area contributed by atoms with Crippen molar-refractivity contribution in [3.63, 3.8) is 0 Å². The standard InChI is InChI=1S/C12H13N3O3/c1-8(7-16)14-10-5-6-13-12-9(10)3-2-4-11(12)15(17)18/h2-6,8,16H,7H2,1H3,(H,13,14). The Morgan fingerprint density at radius 3 is 2.94 bits per heavy atom. The van der Waals surface area contributed by atoms with Gasteiger partial charge in [-0.25, -0.2) is 4.98 Å². The number of rotatable bonds is 4. The van der Waals surface area contributed by atoms with Crippen LogP contribution >= 0.6 is 0 Å². The molecular formula is C12H13N3O3. The highest BCUT2D eigenvalue weighted by Gasteiger charge is 2.14. The number of nitro groups is 1. The van der Waals surface area contributed by atoms with Crippen molar-refractivity contribution in [3.8, 4) is 0 Å². The third-order valence-corrected chi connectivity index (χ3v) is 2.62. The molecule has 0 aliphatic rings. The first kappa shape index (κ1) is 12.3. The van der Waals surface area contributed by atoms with Crippen LogP contribution in [0.2, 0.25) is 0 Å². The molecule has 0 radical (unpaired) electrons.